The van der Waals surface area contributed by atoms with Crippen LogP contribution in [-0.4, -0.2) is 54.3 Å². The van der Waals surface area contributed by atoms with Crippen LogP contribution in [0.4, 0.5) is 10.1 Å². The fourth-order valence-electron chi connectivity index (χ4n) is 3.60. The third kappa shape index (κ3) is 6.12. The van der Waals surface area contributed by atoms with Gasteiger partial charge in [-0.3, -0.25) is 14.5 Å². The van der Waals surface area contributed by atoms with E-state index in [9.17, 15) is 14.0 Å². The van der Waals surface area contributed by atoms with Gasteiger partial charge in [0.1, 0.15) is 5.82 Å². The molecule has 0 aliphatic carbocycles. The zero-order chi connectivity index (χ0) is 20.6. The number of rotatable bonds is 7. The summed E-state index contributed by atoms with van der Waals surface area (Å²) >= 11 is 0. The number of hydrogen-bond acceptors (Lipinski definition) is 3. The van der Waals surface area contributed by atoms with Gasteiger partial charge in [0.2, 0.25) is 11.8 Å². The minimum Gasteiger partial charge on any atom is -0.340 e. The van der Waals surface area contributed by atoms with Crippen LogP contribution >= 0.6 is 0 Å². The van der Waals surface area contributed by atoms with Gasteiger partial charge in [-0.1, -0.05) is 37.3 Å². The molecule has 29 heavy (non-hydrogen) atoms. The second-order valence-electron chi connectivity index (χ2n) is 7.35. The molecule has 1 heterocycles. The maximum absolute atomic E-state index is 13.2. The number of anilines is 1. The van der Waals surface area contributed by atoms with Crippen molar-refractivity contribution in [1.82, 2.24) is 9.80 Å². The zero-order valence-corrected chi connectivity index (χ0v) is 16.9. The van der Waals surface area contributed by atoms with E-state index >= 15 is 0 Å². The molecule has 2 aromatic carbocycles. The van der Waals surface area contributed by atoms with Crippen LogP contribution in [0.2, 0.25) is 0 Å². The molecule has 0 unspecified atom stereocenters. The summed E-state index contributed by atoms with van der Waals surface area (Å²) in [7, 11) is 0. The molecular weight excluding hydrogens is 369 g/mol. The smallest absolute Gasteiger partial charge is 0.238 e. The van der Waals surface area contributed by atoms with Gasteiger partial charge in [0, 0.05) is 38.3 Å². The van der Waals surface area contributed by atoms with E-state index in [1.165, 1.54) is 12.1 Å². The van der Waals surface area contributed by atoms with Crippen LogP contribution in [0, 0.1) is 5.82 Å². The molecule has 2 amide bonds. The number of aryl methyl sites for hydroxylation is 2. The van der Waals surface area contributed by atoms with Crippen molar-refractivity contribution >= 4 is 17.5 Å². The van der Waals surface area contributed by atoms with E-state index in [0.717, 1.165) is 23.2 Å². The molecule has 154 valence electrons. The van der Waals surface area contributed by atoms with E-state index in [4.69, 9.17) is 0 Å². The highest BCUT2D eigenvalue weighted by Crippen LogP contribution is 2.15. The molecule has 0 saturated carbocycles. The van der Waals surface area contributed by atoms with Gasteiger partial charge < -0.3 is 10.2 Å². The van der Waals surface area contributed by atoms with E-state index in [1.54, 1.807) is 6.07 Å². The molecule has 1 aliphatic rings. The third-order valence-electron chi connectivity index (χ3n) is 5.28. The standard InChI is InChI=1S/C23H28FN3O2/c1-2-19-7-3-4-9-21(19)25-22(28)17-26-12-14-27(15-13-26)23(29)11-10-18-6-5-8-20(24)16-18/h3-9,16H,2,10-15,17H2,1H3,(H,25,28). The monoisotopic (exact) mass is 397 g/mol. The second-order valence-corrected chi connectivity index (χ2v) is 7.35. The first-order valence-electron chi connectivity index (χ1n) is 10.2. The highest BCUT2D eigenvalue weighted by atomic mass is 19.1. The van der Waals surface area contributed by atoms with Crippen molar-refractivity contribution in [3.05, 3.63) is 65.5 Å². The summed E-state index contributed by atoms with van der Waals surface area (Å²) in [5.41, 5.74) is 2.82. The Morgan fingerprint density at radius 3 is 2.52 bits per heavy atom. The summed E-state index contributed by atoms with van der Waals surface area (Å²) in [6.07, 6.45) is 1.78. The van der Waals surface area contributed by atoms with Crippen LogP contribution in [0.5, 0.6) is 0 Å². The van der Waals surface area contributed by atoms with Crippen molar-refractivity contribution < 1.29 is 14.0 Å². The van der Waals surface area contributed by atoms with Gasteiger partial charge in [-0.15, -0.1) is 0 Å². The van der Waals surface area contributed by atoms with Crippen LogP contribution in [0.3, 0.4) is 0 Å². The molecule has 1 aliphatic heterocycles. The number of carbonyl (C=O) groups excluding carboxylic acids is 2. The lowest BCUT2D eigenvalue weighted by Crippen LogP contribution is -2.50. The molecule has 0 bridgehead atoms. The van der Waals surface area contributed by atoms with Gasteiger partial charge in [0.25, 0.3) is 0 Å². The molecule has 1 saturated heterocycles. The summed E-state index contributed by atoms with van der Waals surface area (Å²) < 4.78 is 13.2. The maximum atomic E-state index is 13.2. The molecule has 0 atom stereocenters. The Hall–Kier alpha value is -2.73. The van der Waals surface area contributed by atoms with Crippen molar-refractivity contribution in [3.63, 3.8) is 0 Å². The summed E-state index contributed by atoms with van der Waals surface area (Å²) in [5.74, 6) is -0.226. The highest BCUT2D eigenvalue weighted by molar-refractivity contribution is 5.93. The van der Waals surface area contributed by atoms with Crippen molar-refractivity contribution in [2.24, 2.45) is 0 Å². The number of benzene rings is 2. The van der Waals surface area contributed by atoms with Crippen molar-refractivity contribution in [3.8, 4) is 0 Å². The molecular formula is C23H28FN3O2. The lowest BCUT2D eigenvalue weighted by Gasteiger charge is -2.34. The first-order chi connectivity index (χ1) is 14.0. The predicted octanol–water partition coefficient (Wildman–Crippen LogP) is 3.10. The highest BCUT2D eigenvalue weighted by Gasteiger charge is 2.22. The molecule has 0 radical (unpaired) electrons. The Labute approximate surface area is 171 Å². The van der Waals surface area contributed by atoms with E-state index in [-0.39, 0.29) is 17.6 Å². The Morgan fingerprint density at radius 2 is 1.79 bits per heavy atom. The van der Waals surface area contributed by atoms with Gasteiger partial charge in [0.05, 0.1) is 6.54 Å². The van der Waals surface area contributed by atoms with Gasteiger partial charge >= 0.3 is 0 Å². The first kappa shape index (κ1) is 21.0. The topological polar surface area (TPSA) is 52.7 Å². The molecule has 0 spiro atoms. The van der Waals surface area contributed by atoms with E-state index in [0.29, 0.717) is 45.6 Å². The zero-order valence-electron chi connectivity index (χ0n) is 16.9. The number of para-hydroxylation sites is 1. The van der Waals surface area contributed by atoms with Crippen molar-refractivity contribution in [2.45, 2.75) is 26.2 Å². The Morgan fingerprint density at radius 1 is 1.03 bits per heavy atom. The van der Waals surface area contributed by atoms with E-state index < -0.39 is 0 Å². The molecule has 1 fully saturated rings. The summed E-state index contributed by atoms with van der Waals surface area (Å²) in [4.78, 5) is 28.7. The molecule has 2 aromatic rings. The largest absolute Gasteiger partial charge is 0.340 e. The van der Waals surface area contributed by atoms with Crippen LogP contribution in [0.25, 0.3) is 0 Å². The number of carbonyl (C=O) groups is 2. The summed E-state index contributed by atoms with van der Waals surface area (Å²) in [6.45, 7) is 4.96. The van der Waals surface area contributed by atoms with Gasteiger partial charge in [0.15, 0.2) is 0 Å². The number of nitrogens with one attached hydrogen (secondary N) is 1. The number of halogens is 1. The Kier molecular flexibility index (Phi) is 7.36. The minimum atomic E-state index is -0.275. The summed E-state index contributed by atoms with van der Waals surface area (Å²) in [5, 5.41) is 2.99. The van der Waals surface area contributed by atoms with Gasteiger partial charge in [-0.05, 0) is 42.2 Å². The van der Waals surface area contributed by atoms with Crippen molar-refractivity contribution in [1.29, 1.82) is 0 Å². The molecule has 0 aromatic heterocycles. The fourth-order valence-corrected chi connectivity index (χ4v) is 3.60. The fraction of sp³-hybridized carbons (Fsp3) is 0.391. The number of nitrogens with zero attached hydrogens (tertiary/aromatic N) is 2. The van der Waals surface area contributed by atoms with Gasteiger partial charge in [-0.25, -0.2) is 4.39 Å². The van der Waals surface area contributed by atoms with E-state index in [2.05, 4.69) is 17.1 Å². The number of amides is 2. The van der Waals surface area contributed by atoms with Gasteiger partial charge in [-0.2, -0.15) is 0 Å². The predicted molar refractivity (Wildman–Crippen MR) is 112 cm³/mol. The number of hydrogen-bond donors (Lipinski definition) is 1. The quantitative estimate of drug-likeness (QED) is 0.781. The van der Waals surface area contributed by atoms with Crippen molar-refractivity contribution in [2.75, 3.05) is 38.0 Å². The number of piperazine rings is 1. The first-order valence-corrected chi connectivity index (χ1v) is 10.2. The van der Waals surface area contributed by atoms with Crippen LogP contribution in [0.15, 0.2) is 48.5 Å². The van der Waals surface area contributed by atoms with Crippen LogP contribution in [0.1, 0.15) is 24.5 Å². The SMILES string of the molecule is CCc1ccccc1NC(=O)CN1CCN(C(=O)CCc2cccc(F)c2)CC1. The molecule has 5 nitrogen and oxygen atoms in total. The lowest BCUT2D eigenvalue weighted by atomic mass is 10.1. The van der Waals surface area contributed by atoms with E-state index in [1.807, 2.05) is 35.2 Å². The molecule has 6 heteroatoms. The average Bonchev–Trinajstić information content (AvgIpc) is 2.73. The minimum absolute atomic E-state index is 0.0308. The molecule has 3 rings (SSSR count). The lowest BCUT2D eigenvalue weighted by molar-refractivity contribution is -0.133. The third-order valence-corrected chi connectivity index (χ3v) is 5.28. The van der Waals surface area contributed by atoms with Crippen LogP contribution < -0.4 is 5.32 Å². The average molecular weight is 397 g/mol. The second kappa shape index (κ2) is 10.2. The van der Waals surface area contributed by atoms with Crippen LogP contribution in [-0.2, 0) is 22.4 Å². The Balaban J connectivity index is 1.41. The summed E-state index contributed by atoms with van der Waals surface area (Å²) in [6, 6.07) is 14.2. The molecule has 1 N–H and O–H groups in total. The normalized spacial score (nSPS) is 14.6. The maximum Gasteiger partial charge on any atom is 0.238 e. The Bertz CT molecular complexity index is 848.